The van der Waals surface area contributed by atoms with Crippen molar-refractivity contribution in [2.75, 3.05) is 17.1 Å². The molecule has 208 valence electrons. The molecular weight excluding hydrogens is 552 g/mol. The Kier molecular flexibility index (Phi) is 10.8. The van der Waals surface area contributed by atoms with Crippen molar-refractivity contribution in [1.82, 2.24) is 10.2 Å². The third kappa shape index (κ3) is 8.32. The number of benzene rings is 2. The lowest BCUT2D eigenvalue weighted by Crippen LogP contribution is -2.51. The summed E-state index contributed by atoms with van der Waals surface area (Å²) in [7, 11) is -3.66. The highest BCUT2D eigenvalue weighted by Gasteiger charge is 2.31. The zero-order valence-corrected chi connectivity index (χ0v) is 24.0. The van der Waals surface area contributed by atoms with Gasteiger partial charge in [-0.3, -0.25) is 13.9 Å². The second-order valence-corrected chi connectivity index (χ2v) is 12.3. The van der Waals surface area contributed by atoms with Gasteiger partial charge >= 0.3 is 0 Å². The fraction of sp³-hybridized carbons (Fsp3) is 0.481. The molecule has 0 spiro atoms. The van der Waals surface area contributed by atoms with Gasteiger partial charge in [-0.25, -0.2) is 12.8 Å². The van der Waals surface area contributed by atoms with Crippen LogP contribution in [-0.2, 0) is 26.2 Å². The van der Waals surface area contributed by atoms with Crippen molar-refractivity contribution in [2.45, 2.75) is 70.5 Å². The minimum Gasteiger partial charge on any atom is -0.352 e. The summed E-state index contributed by atoms with van der Waals surface area (Å²) in [6.45, 7) is 2.04. The largest absolute Gasteiger partial charge is 0.352 e. The van der Waals surface area contributed by atoms with Gasteiger partial charge in [-0.1, -0.05) is 49.0 Å². The predicted octanol–water partition coefficient (Wildman–Crippen LogP) is 5.54. The molecule has 1 atom stereocenters. The topological polar surface area (TPSA) is 86.8 Å². The summed E-state index contributed by atoms with van der Waals surface area (Å²) in [6, 6.07) is 9.64. The minimum atomic E-state index is -3.66. The van der Waals surface area contributed by atoms with Crippen LogP contribution in [0, 0.1) is 5.82 Å². The number of sulfonamides is 1. The molecule has 1 N–H and O–H groups in total. The maximum absolute atomic E-state index is 13.5. The fourth-order valence-corrected chi connectivity index (χ4v) is 6.02. The van der Waals surface area contributed by atoms with Crippen molar-refractivity contribution in [3.05, 3.63) is 63.9 Å². The average Bonchev–Trinajstić information content (AvgIpc) is 3.37. The van der Waals surface area contributed by atoms with E-state index in [1.165, 1.54) is 29.2 Å². The van der Waals surface area contributed by atoms with E-state index in [1.807, 2.05) is 6.92 Å². The lowest BCUT2D eigenvalue weighted by Gasteiger charge is -2.32. The van der Waals surface area contributed by atoms with E-state index in [0.717, 1.165) is 41.8 Å². The zero-order valence-electron chi connectivity index (χ0n) is 21.6. The van der Waals surface area contributed by atoms with Crippen molar-refractivity contribution in [2.24, 2.45) is 0 Å². The molecule has 1 saturated carbocycles. The summed E-state index contributed by atoms with van der Waals surface area (Å²) in [6.07, 6.45) is 5.69. The van der Waals surface area contributed by atoms with E-state index >= 15 is 0 Å². The van der Waals surface area contributed by atoms with E-state index in [-0.39, 0.29) is 43.8 Å². The molecule has 1 aliphatic carbocycles. The Hall–Kier alpha value is -2.36. The van der Waals surface area contributed by atoms with E-state index in [1.54, 1.807) is 18.2 Å². The number of rotatable bonds is 12. The maximum atomic E-state index is 13.5. The number of carbonyl (C=O) groups excluding carboxylic acids is 2. The molecule has 1 fully saturated rings. The van der Waals surface area contributed by atoms with Gasteiger partial charge in [-0.2, -0.15) is 0 Å². The summed E-state index contributed by atoms with van der Waals surface area (Å²) in [5, 5.41) is 3.83. The zero-order chi connectivity index (χ0) is 27.9. The van der Waals surface area contributed by atoms with Crippen molar-refractivity contribution in [3.8, 4) is 0 Å². The number of nitrogens with zero attached hydrogens (tertiary/aromatic N) is 2. The Morgan fingerprint density at radius 1 is 1.08 bits per heavy atom. The van der Waals surface area contributed by atoms with E-state index in [2.05, 4.69) is 5.32 Å². The molecular formula is C27H34Cl2FN3O4S. The third-order valence-electron chi connectivity index (χ3n) is 6.69. The van der Waals surface area contributed by atoms with Gasteiger partial charge in [0, 0.05) is 25.6 Å². The number of nitrogens with one attached hydrogen (secondary N) is 1. The predicted molar refractivity (Wildman–Crippen MR) is 149 cm³/mol. The molecule has 1 aliphatic rings. The van der Waals surface area contributed by atoms with Crippen LogP contribution < -0.4 is 9.62 Å². The second-order valence-electron chi connectivity index (χ2n) is 9.60. The van der Waals surface area contributed by atoms with Crippen LogP contribution in [-0.4, -0.2) is 50.0 Å². The van der Waals surface area contributed by atoms with Gasteiger partial charge in [0.1, 0.15) is 11.9 Å². The van der Waals surface area contributed by atoms with Crippen LogP contribution in [0.15, 0.2) is 42.5 Å². The Balaban J connectivity index is 1.77. The second kappa shape index (κ2) is 13.6. The number of hydrogen-bond acceptors (Lipinski definition) is 4. The molecule has 0 aromatic heterocycles. The molecule has 2 aromatic rings. The summed E-state index contributed by atoms with van der Waals surface area (Å²) >= 11 is 12.3. The molecule has 3 rings (SSSR count). The first-order valence-corrected chi connectivity index (χ1v) is 15.4. The Morgan fingerprint density at radius 3 is 2.32 bits per heavy atom. The molecule has 38 heavy (non-hydrogen) atoms. The molecule has 0 aliphatic heterocycles. The Morgan fingerprint density at radius 2 is 1.74 bits per heavy atom. The minimum absolute atomic E-state index is 0.0156. The molecule has 11 heteroatoms. The number of carbonyl (C=O) groups is 2. The van der Waals surface area contributed by atoms with Crippen LogP contribution >= 0.6 is 23.2 Å². The first-order chi connectivity index (χ1) is 18.0. The van der Waals surface area contributed by atoms with Crippen molar-refractivity contribution < 1.29 is 22.4 Å². The van der Waals surface area contributed by atoms with Gasteiger partial charge in [-0.15, -0.1) is 0 Å². The molecule has 7 nitrogen and oxygen atoms in total. The smallest absolute Gasteiger partial charge is 0.243 e. The van der Waals surface area contributed by atoms with Crippen molar-refractivity contribution in [3.63, 3.8) is 0 Å². The molecule has 2 amide bonds. The van der Waals surface area contributed by atoms with E-state index in [0.29, 0.717) is 22.2 Å². The van der Waals surface area contributed by atoms with Gasteiger partial charge < -0.3 is 10.2 Å². The van der Waals surface area contributed by atoms with Gasteiger partial charge in [-0.05, 0) is 67.6 Å². The van der Waals surface area contributed by atoms with E-state index in [4.69, 9.17) is 23.2 Å². The van der Waals surface area contributed by atoms with Crippen LogP contribution in [0.3, 0.4) is 0 Å². The third-order valence-corrected chi connectivity index (χ3v) is 8.62. The van der Waals surface area contributed by atoms with Crippen LogP contribution in [0.2, 0.25) is 10.0 Å². The number of amides is 2. The number of halogens is 3. The first kappa shape index (κ1) is 30.2. The Bertz CT molecular complexity index is 1220. The summed E-state index contributed by atoms with van der Waals surface area (Å²) in [5.41, 5.74) is 1.04. The molecule has 0 bridgehead atoms. The summed E-state index contributed by atoms with van der Waals surface area (Å²) < 4.78 is 39.3. The van der Waals surface area contributed by atoms with E-state index < -0.39 is 21.9 Å². The van der Waals surface area contributed by atoms with Crippen LogP contribution in [0.25, 0.3) is 0 Å². The van der Waals surface area contributed by atoms with Crippen molar-refractivity contribution in [1.29, 1.82) is 0 Å². The molecule has 0 saturated heterocycles. The summed E-state index contributed by atoms with van der Waals surface area (Å²) in [5.74, 6) is -0.953. The number of hydrogen-bond donors (Lipinski definition) is 1. The molecule has 0 unspecified atom stereocenters. The quantitative estimate of drug-likeness (QED) is 0.354. The molecule has 0 radical (unpaired) electrons. The highest BCUT2D eigenvalue weighted by molar-refractivity contribution is 7.92. The normalized spacial score (nSPS) is 14.8. The standard InChI is InChI=1S/C27H34Cl2FN3O4S/c1-3-25(27(35)31-21-7-4-5-8-21)32(18-19-10-15-23(28)24(29)17-19)26(34)9-6-16-33(38(2,36)37)22-13-11-20(30)12-14-22/h10-15,17,21,25H,3-9,16,18H2,1-2H3,(H,31,35)/t25-/m0/s1. The van der Waals surface area contributed by atoms with Crippen LogP contribution in [0.1, 0.15) is 57.4 Å². The first-order valence-electron chi connectivity index (χ1n) is 12.8. The maximum Gasteiger partial charge on any atom is 0.243 e. The Labute approximate surface area is 234 Å². The van der Waals surface area contributed by atoms with Gasteiger partial charge in [0.15, 0.2) is 0 Å². The lowest BCUT2D eigenvalue weighted by atomic mass is 10.1. The SMILES string of the molecule is CC[C@@H](C(=O)NC1CCCC1)N(Cc1ccc(Cl)c(Cl)c1)C(=O)CCCN(c1ccc(F)cc1)S(C)(=O)=O. The van der Waals surface area contributed by atoms with Crippen molar-refractivity contribution >= 4 is 50.7 Å². The molecule has 2 aromatic carbocycles. The summed E-state index contributed by atoms with van der Waals surface area (Å²) in [4.78, 5) is 28.3. The highest BCUT2D eigenvalue weighted by atomic mass is 35.5. The number of anilines is 1. The van der Waals surface area contributed by atoms with Crippen LogP contribution in [0.4, 0.5) is 10.1 Å². The van der Waals surface area contributed by atoms with E-state index in [9.17, 15) is 22.4 Å². The average molecular weight is 587 g/mol. The fourth-order valence-electron chi connectivity index (χ4n) is 4.73. The lowest BCUT2D eigenvalue weighted by molar-refractivity contribution is -0.141. The van der Waals surface area contributed by atoms with Crippen LogP contribution in [0.5, 0.6) is 0 Å². The van der Waals surface area contributed by atoms with Gasteiger partial charge in [0.25, 0.3) is 0 Å². The van der Waals surface area contributed by atoms with Gasteiger partial charge in [0.05, 0.1) is 22.0 Å². The monoisotopic (exact) mass is 585 g/mol. The van der Waals surface area contributed by atoms with Gasteiger partial charge in [0.2, 0.25) is 21.8 Å². The highest BCUT2D eigenvalue weighted by Crippen LogP contribution is 2.25. The molecule has 0 heterocycles.